The first-order chi connectivity index (χ1) is 15.0. The third-order valence-electron chi connectivity index (χ3n) is 4.70. The van der Waals surface area contributed by atoms with Crippen LogP contribution in [0.5, 0.6) is 5.75 Å². The Kier molecular flexibility index (Phi) is 6.08. The Hall–Kier alpha value is -3.53. The normalized spacial score (nSPS) is 12.9. The molecule has 9 nitrogen and oxygen atoms in total. The summed E-state index contributed by atoms with van der Waals surface area (Å²) in [6.07, 6.45) is 1.99. The van der Waals surface area contributed by atoms with E-state index < -0.39 is 0 Å². The Bertz CT molecular complexity index is 1090. The summed E-state index contributed by atoms with van der Waals surface area (Å²) in [5.74, 6) is 6.93. The molecule has 0 aliphatic heterocycles. The lowest BCUT2D eigenvalue weighted by Crippen LogP contribution is -2.27. The number of hydrogen-bond donors (Lipinski definition) is 3. The number of nitrogens with zero attached hydrogens (tertiary/aromatic N) is 3. The summed E-state index contributed by atoms with van der Waals surface area (Å²) in [5.41, 5.74) is 1.69. The van der Waals surface area contributed by atoms with Gasteiger partial charge in [-0.05, 0) is 49.2 Å². The van der Waals surface area contributed by atoms with E-state index in [0.717, 1.165) is 35.9 Å². The number of anilines is 1. The smallest absolute Gasteiger partial charge is 0.253 e. The monoisotopic (exact) mass is 438 g/mol. The first-order valence-corrected chi connectivity index (χ1v) is 10.7. The quantitative estimate of drug-likeness (QED) is 0.364. The molecular formula is C21H22N6O3S. The van der Waals surface area contributed by atoms with Gasteiger partial charge in [-0.3, -0.25) is 9.59 Å². The molecule has 1 aliphatic rings. The van der Waals surface area contributed by atoms with Gasteiger partial charge >= 0.3 is 0 Å². The van der Waals surface area contributed by atoms with Gasteiger partial charge in [0, 0.05) is 11.6 Å². The van der Waals surface area contributed by atoms with E-state index in [1.165, 1.54) is 4.68 Å². The lowest BCUT2D eigenvalue weighted by molar-refractivity contribution is -0.113. The Morgan fingerprint density at radius 3 is 2.61 bits per heavy atom. The number of thioether (sulfide) groups is 1. The average Bonchev–Trinajstić information content (AvgIpc) is 3.52. The fraction of sp³-hybridized carbons (Fsp3) is 0.238. The number of rotatable bonds is 8. The summed E-state index contributed by atoms with van der Waals surface area (Å²) in [6.45, 7) is 0. The summed E-state index contributed by atoms with van der Waals surface area (Å²) >= 11 is 1.16. The second-order valence-corrected chi connectivity index (χ2v) is 7.98. The summed E-state index contributed by atoms with van der Waals surface area (Å²) in [7, 11) is 1.60. The van der Waals surface area contributed by atoms with Crippen molar-refractivity contribution in [3.63, 3.8) is 0 Å². The van der Waals surface area contributed by atoms with E-state index in [1.54, 1.807) is 43.5 Å². The molecular weight excluding hydrogens is 416 g/mol. The van der Waals surface area contributed by atoms with Crippen molar-refractivity contribution in [2.45, 2.75) is 24.0 Å². The number of hydrogen-bond acceptors (Lipinski definition) is 7. The van der Waals surface area contributed by atoms with Crippen molar-refractivity contribution < 1.29 is 14.3 Å². The largest absolute Gasteiger partial charge is 0.497 e. The van der Waals surface area contributed by atoms with Crippen LogP contribution in [-0.4, -0.2) is 45.6 Å². The molecule has 4 N–H and O–H groups in total. The molecule has 0 atom stereocenters. The maximum atomic E-state index is 12.5. The second kappa shape index (κ2) is 9.09. The van der Waals surface area contributed by atoms with Gasteiger partial charge in [0.25, 0.3) is 5.91 Å². The van der Waals surface area contributed by atoms with Gasteiger partial charge in [-0.25, -0.2) is 4.68 Å². The summed E-state index contributed by atoms with van der Waals surface area (Å²) in [5, 5.41) is 14.3. The number of carbonyl (C=O) groups excluding carboxylic acids is 2. The first-order valence-electron chi connectivity index (χ1n) is 9.72. The molecule has 10 heteroatoms. The molecule has 1 heterocycles. The molecule has 2 aromatic carbocycles. The van der Waals surface area contributed by atoms with Crippen LogP contribution in [0.25, 0.3) is 11.4 Å². The third-order valence-corrected chi connectivity index (χ3v) is 5.65. The van der Waals surface area contributed by atoms with Crippen LogP contribution in [0.2, 0.25) is 0 Å². The third kappa shape index (κ3) is 4.97. The number of para-hydroxylation sites is 1. The highest BCUT2D eigenvalue weighted by Crippen LogP contribution is 2.24. The van der Waals surface area contributed by atoms with Crippen LogP contribution < -0.4 is 21.2 Å². The first kappa shape index (κ1) is 20.7. The van der Waals surface area contributed by atoms with Crippen molar-refractivity contribution in [2.75, 3.05) is 24.0 Å². The van der Waals surface area contributed by atoms with Crippen molar-refractivity contribution in [3.05, 3.63) is 54.1 Å². The Balaban J connectivity index is 1.38. The lowest BCUT2D eigenvalue weighted by Gasteiger charge is -2.11. The van der Waals surface area contributed by atoms with Gasteiger partial charge in [-0.1, -0.05) is 23.9 Å². The fourth-order valence-corrected chi connectivity index (χ4v) is 3.57. The minimum atomic E-state index is -0.273. The molecule has 160 valence electrons. The van der Waals surface area contributed by atoms with Gasteiger partial charge in [0.2, 0.25) is 11.1 Å². The molecule has 1 saturated carbocycles. The number of ether oxygens (including phenoxy) is 1. The summed E-state index contributed by atoms with van der Waals surface area (Å²) in [6, 6.07) is 14.5. The zero-order valence-corrected chi connectivity index (χ0v) is 17.7. The zero-order valence-electron chi connectivity index (χ0n) is 16.9. The van der Waals surface area contributed by atoms with Crippen molar-refractivity contribution >= 4 is 29.3 Å². The molecule has 0 saturated heterocycles. The molecule has 0 bridgehead atoms. The number of methoxy groups -OCH3 is 1. The maximum Gasteiger partial charge on any atom is 0.253 e. The lowest BCUT2D eigenvalue weighted by atomic mass is 10.1. The van der Waals surface area contributed by atoms with E-state index in [0.29, 0.717) is 22.2 Å². The highest BCUT2D eigenvalue weighted by atomic mass is 32.2. The molecule has 0 unspecified atom stereocenters. The van der Waals surface area contributed by atoms with E-state index in [4.69, 9.17) is 10.6 Å². The number of carbonyl (C=O) groups is 2. The van der Waals surface area contributed by atoms with Crippen LogP contribution in [0.3, 0.4) is 0 Å². The molecule has 0 radical (unpaired) electrons. The van der Waals surface area contributed by atoms with E-state index in [1.807, 2.05) is 12.1 Å². The molecule has 1 aliphatic carbocycles. The van der Waals surface area contributed by atoms with Crippen molar-refractivity contribution in [1.82, 2.24) is 20.2 Å². The van der Waals surface area contributed by atoms with E-state index in [2.05, 4.69) is 20.8 Å². The van der Waals surface area contributed by atoms with Gasteiger partial charge in [0.1, 0.15) is 5.75 Å². The van der Waals surface area contributed by atoms with Crippen LogP contribution in [0, 0.1) is 0 Å². The molecule has 3 aromatic rings. The second-order valence-electron chi connectivity index (χ2n) is 7.03. The Labute approximate surface area is 183 Å². The van der Waals surface area contributed by atoms with Crippen LogP contribution in [-0.2, 0) is 4.79 Å². The van der Waals surface area contributed by atoms with E-state index in [9.17, 15) is 9.59 Å². The predicted octanol–water partition coefficient (Wildman–Crippen LogP) is 2.29. The molecule has 2 amide bonds. The number of nitrogens with two attached hydrogens (primary N) is 1. The highest BCUT2D eigenvalue weighted by molar-refractivity contribution is 7.99. The van der Waals surface area contributed by atoms with Crippen LogP contribution in [0.15, 0.2) is 53.7 Å². The van der Waals surface area contributed by atoms with Gasteiger partial charge in [0.05, 0.1) is 24.1 Å². The van der Waals surface area contributed by atoms with Crippen molar-refractivity contribution in [2.24, 2.45) is 0 Å². The van der Waals surface area contributed by atoms with Crippen molar-refractivity contribution in [3.8, 4) is 17.1 Å². The predicted molar refractivity (Wildman–Crippen MR) is 118 cm³/mol. The summed E-state index contributed by atoms with van der Waals surface area (Å²) < 4.78 is 6.50. The number of nitrogens with one attached hydrogen (secondary N) is 2. The molecule has 1 aromatic heterocycles. The zero-order chi connectivity index (χ0) is 21.8. The topological polar surface area (TPSA) is 124 Å². The van der Waals surface area contributed by atoms with E-state index >= 15 is 0 Å². The number of amides is 2. The van der Waals surface area contributed by atoms with Crippen LogP contribution in [0.4, 0.5) is 5.69 Å². The molecule has 4 rings (SSSR count). The highest BCUT2D eigenvalue weighted by Gasteiger charge is 2.25. The molecule has 1 fully saturated rings. The Morgan fingerprint density at radius 1 is 1.16 bits per heavy atom. The standard InChI is InChI=1S/C21H22N6O3S/c1-30-15-10-6-13(7-11-15)19-25-26-21(27(19)22)31-12-18(28)24-17-5-3-2-4-16(17)20(29)23-14-8-9-14/h2-7,10-11,14H,8-9,12,22H2,1H3,(H,23,29)(H,24,28). The molecule has 0 spiro atoms. The van der Waals surface area contributed by atoms with Crippen LogP contribution >= 0.6 is 11.8 Å². The SMILES string of the molecule is COc1ccc(-c2nnc(SCC(=O)Nc3ccccc3C(=O)NC3CC3)n2N)cc1. The van der Waals surface area contributed by atoms with Gasteiger partial charge in [0.15, 0.2) is 5.82 Å². The number of aromatic nitrogens is 3. The van der Waals surface area contributed by atoms with Crippen molar-refractivity contribution in [1.29, 1.82) is 0 Å². The van der Waals surface area contributed by atoms with Gasteiger partial charge in [-0.2, -0.15) is 0 Å². The average molecular weight is 439 g/mol. The van der Waals surface area contributed by atoms with Gasteiger partial charge < -0.3 is 21.2 Å². The maximum absolute atomic E-state index is 12.5. The fourth-order valence-electron chi connectivity index (χ4n) is 2.91. The Morgan fingerprint density at radius 2 is 1.90 bits per heavy atom. The van der Waals surface area contributed by atoms with Gasteiger partial charge in [-0.15, -0.1) is 10.2 Å². The minimum Gasteiger partial charge on any atom is -0.497 e. The van der Waals surface area contributed by atoms with Crippen LogP contribution in [0.1, 0.15) is 23.2 Å². The van der Waals surface area contributed by atoms with E-state index in [-0.39, 0.29) is 23.6 Å². The number of nitrogen functional groups attached to an aromatic ring is 1. The number of benzene rings is 2. The summed E-state index contributed by atoms with van der Waals surface area (Å²) in [4.78, 5) is 24.9. The molecule has 31 heavy (non-hydrogen) atoms. The minimum absolute atomic E-state index is 0.0660.